The summed E-state index contributed by atoms with van der Waals surface area (Å²) >= 11 is 0. The molecule has 0 aliphatic carbocycles. The van der Waals surface area contributed by atoms with Gasteiger partial charge in [-0.15, -0.1) is 0 Å². The summed E-state index contributed by atoms with van der Waals surface area (Å²) in [6.45, 7) is 0.446. The minimum absolute atomic E-state index is 0.135. The van der Waals surface area contributed by atoms with Crippen LogP contribution in [0.2, 0.25) is 0 Å². The van der Waals surface area contributed by atoms with Crippen molar-refractivity contribution >= 4 is 22.6 Å². The number of hydrogen-bond donors (Lipinski definition) is 1. The fourth-order valence-electron chi connectivity index (χ4n) is 2.69. The summed E-state index contributed by atoms with van der Waals surface area (Å²) in [5.41, 5.74) is 1.19. The number of aromatic nitrogens is 1. The van der Waals surface area contributed by atoms with Crippen LogP contribution in [0.15, 0.2) is 66.7 Å². The molecule has 4 rings (SSSR count). The molecule has 4 heteroatoms. The van der Waals surface area contributed by atoms with Gasteiger partial charge in [-0.1, -0.05) is 48.5 Å². The van der Waals surface area contributed by atoms with Crippen LogP contribution >= 0.6 is 0 Å². The van der Waals surface area contributed by atoms with Crippen molar-refractivity contribution in [3.05, 3.63) is 72.3 Å². The van der Waals surface area contributed by atoms with Crippen LogP contribution in [0.4, 0.5) is 5.82 Å². The van der Waals surface area contributed by atoms with Crippen molar-refractivity contribution in [2.75, 3.05) is 11.9 Å². The molecule has 0 radical (unpaired) electrons. The Kier molecular flexibility index (Phi) is 3.32. The molecule has 0 saturated carbocycles. The standard InChI is InChI=1S/C19H16N2O2/c22-18(19(13-23-19)12-14-6-2-1-3-7-14)21-17-11-10-15-8-4-5-9-16(15)20-17/h1-11H,12-13H2,(H,20,21,22)/t19-/m0/s1. The summed E-state index contributed by atoms with van der Waals surface area (Å²) in [4.78, 5) is 17.0. The molecule has 4 nitrogen and oxygen atoms in total. The molecule has 1 N–H and O–H groups in total. The number of ether oxygens (including phenoxy) is 1. The molecule has 114 valence electrons. The molecular weight excluding hydrogens is 288 g/mol. The molecule has 0 unspecified atom stereocenters. The zero-order valence-corrected chi connectivity index (χ0v) is 12.5. The number of nitrogens with one attached hydrogen (secondary N) is 1. The van der Waals surface area contributed by atoms with Gasteiger partial charge >= 0.3 is 0 Å². The third-order valence-electron chi connectivity index (χ3n) is 4.08. The van der Waals surface area contributed by atoms with Gasteiger partial charge in [-0.25, -0.2) is 4.98 Å². The van der Waals surface area contributed by atoms with Crippen molar-refractivity contribution in [2.24, 2.45) is 0 Å². The largest absolute Gasteiger partial charge is 0.359 e. The van der Waals surface area contributed by atoms with Gasteiger partial charge in [0.05, 0.1) is 12.1 Å². The Bertz CT molecular complexity index is 857. The number of benzene rings is 2. The van der Waals surface area contributed by atoms with E-state index in [1.54, 1.807) is 0 Å². The van der Waals surface area contributed by atoms with Gasteiger partial charge in [0.1, 0.15) is 5.82 Å². The fourth-order valence-corrected chi connectivity index (χ4v) is 2.69. The number of para-hydroxylation sites is 1. The first kappa shape index (κ1) is 13.9. The van der Waals surface area contributed by atoms with E-state index in [1.165, 1.54) is 0 Å². The Morgan fingerprint density at radius 1 is 1.04 bits per heavy atom. The van der Waals surface area contributed by atoms with Crippen molar-refractivity contribution < 1.29 is 9.53 Å². The first-order valence-electron chi connectivity index (χ1n) is 7.60. The topological polar surface area (TPSA) is 54.5 Å². The van der Waals surface area contributed by atoms with Crippen molar-refractivity contribution in [1.29, 1.82) is 0 Å². The number of carbonyl (C=O) groups is 1. The Morgan fingerprint density at radius 2 is 1.78 bits per heavy atom. The van der Waals surface area contributed by atoms with E-state index in [0.717, 1.165) is 16.5 Å². The van der Waals surface area contributed by atoms with Gasteiger partial charge in [0.15, 0.2) is 5.60 Å². The number of fused-ring (bicyclic) bond motifs is 1. The lowest BCUT2D eigenvalue weighted by molar-refractivity contribution is -0.121. The van der Waals surface area contributed by atoms with Crippen molar-refractivity contribution in [2.45, 2.75) is 12.0 Å². The highest BCUT2D eigenvalue weighted by molar-refractivity contribution is 5.99. The van der Waals surface area contributed by atoms with Crippen LogP contribution in [0, 0.1) is 0 Å². The molecule has 0 bridgehead atoms. The number of epoxide rings is 1. The summed E-state index contributed by atoms with van der Waals surface area (Å²) in [6, 6.07) is 21.5. The van der Waals surface area contributed by atoms with Crippen LogP contribution in [-0.4, -0.2) is 23.1 Å². The molecule has 1 fully saturated rings. The Morgan fingerprint density at radius 3 is 2.57 bits per heavy atom. The molecule has 23 heavy (non-hydrogen) atoms. The van der Waals surface area contributed by atoms with Crippen molar-refractivity contribution in [3.8, 4) is 0 Å². The van der Waals surface area contributed by atoms with E-state index in [4.69, 9.17) is 4.74 Å². The molecule has 1 atom stereocenters. The predicted octanol–water partition coefficient (Wildman–Crippen LogP) is 3.19. The van der Waals surface area contributed by atoms with Crippen LogP contribution in [0.1, 0.15) is 5.56 Å². The summed E-state index contributed by atoms with van der Waals surface area (Å²) < 4.78 is 5.48. The molecule has 1 saturated heterocycles. The lowest BCUT2D eigenvalue weighted by Crippen LogP contribution is -2.33. The molecule has 2 aromatic carbocycles. The lowest BCUT2D eigenvalue weighted by atomic mass is 9.99. The SMILES string of the molecule is O=C(Nc1ccc2ccccc2n1)[C@]1(Cc2ccccc2)CO1. The third kappa shape index (κ3) is 2.81. The highest BCUT2D eigenvalue weighted by Gasteiger charge is 2.52. The first-order chi connectivity index (χ1) is 11.3. The quantitative estimate of drug-likeness (QED) is 0.753. The lowest BCUT2D eigenvalue weighted by Gasteiger charge is -2.12. The van der Waals surface area contributed by atoms with Gasteiger partial charge in [-0.3, -0.25) is 4.79 Å². The third-order valence-corrected chi connectivity index (χ3v) is 4.08. The predicted molar refractivity (Wildman–Crippen MR) is 89.2 cm³/mol. The molecule has 1 aliphatic rings. The van der Waals surface area contributed by atoms with Crippen molar-refractivity contribution in [1.82, 2.24) is 4.98 Å². The fraction of sp³-hybridized carbons (Fsp3) is 0.158. The van der Waals surface area contributed by atoms with Gasteiger partial charge in [0.2, 0.25) is 0 Å². The van der Waals surface area contributed by atoms with E-state index in [0.29, 0.717) is 18.8 Å². The van der Waals surface area contributed by atoms with Gasteiger partial charge < -0.3 is 10.1 Å². The molecule has 2 heterocycles. The van der Waals surface area contributed by atoms with Crippen LogP contribution in [0.25, 0.3) is 10.9 Å². The average molecular weight is 304 g/mol. The second kappa shape index (κ2) is 5.48. The maximum absolute atomic E-state index is 12.6. The zero-order chi connectivity index (χ0) is 15.7. The maximum atomic E-state index is 12.6. The normalized spacial score (nSPS) is 19.5. The molecule has 1 aromatic heterocycles. The number of carbonyl (C=O) groups excluding carboxylic acids is 1. The molecule has 1 aliphatic heterocycles. The second-order valence-corrected chi connectivity index (χ2v) is 5.79. The van der Waals surface area contributed by atoms with Gasteiger partial charge in [0, 0.05) is 11.8 Å². The Balaban J connectivity index is 1.52. The van der Waals surface area contributed by atoms with Crippen LogP contribution in [0.5, 0.6) is 0 Å². The monoisotopic (exact) mass is 304 g/mol. The number of nitrogens with zero attached hydrogens (tertiary/aromatic N) is 1. The molecule has 3 aromatic rings. The highest BCUT2D eigenvalue weighted by atomic mass is 16.6. The van der Waals surface area contributed by atoms with Gasteiger partial charge in [-0.2, -0.15) is 0 Å². The molecule has 1 amide bonds. The van der Waals surface area contributed by atoms with E-state index in [1.807, 2.05) is 66.7 Å². The molecular formula is C19H16N2O2. The smallest absolute Gasteiger partial charge is 0.260 e. The highest BCUT2D eigenvalue weighted by Crippen LogP contribution is 2.32. The summed E-state index contributed by atoms with van der Waals surface area (Å²) in [7, 11) is 0. The Hall–Kier alpha value is -2.72. The van der Waals surface area contributed by atoms with Crippen LogP contribution in [0.3, 0.4) is 0 Å². The van der Waals surface area contributed by atoms with E-state index >= 15 is 0 Å². The number of anilines is 1. The van der Waals surface area contributed by atoms with E-state index in [-0.39, 0.29) is 5.91 Å². The average Bonchev–Trinajstić information content (AvgIpc) is 3.36. The maximum Gasteiger partial charge on any atom is 0.260 e. The van der Waals surface area contributed by atoms with Crippen molar-refractivity contribution in [3.63, 3.8) is 0 Å². The summed E-state index contributed by atoms with van der Waals surface area (Å²) in [6.07, 6.45) is 0.577. The van der Waals surface area contributed by atoms with Gasteiger partial charge in [-0.05, 0) is 23.8 Å². The minimum Gasteiger partial charge on any atom is -0.359 e. The zero-order valence-electron chi connectivity index (χ0n) is 12.5. The number of pyridine rings is 1. The van der Waals surface area contributed by atoms with Crippen LogP contribution in [-0.2, 0) is 16.0 Å². The number of rotatable bonds is 4. The van der Waals surface area contributed by atoms with E-state index in [9.17, 15) is 4.79 Å². The number of hydrogen-bond acceptors (Lipinski definition) is 3. The first-order valence-corrected chi connectivity index (χ1v) is 7.60. The number of amides is 1. The van der Waals surface area contributed by atoms with Crippen LogP contribution < -0.4 is 5.32 Å². The van der Waals surface area contributed by atoms with E-state index < -0.39 is 5.60 Å². The van der Waals surface area contributed by atoms with Gasteiger partial charge in [0.25, 0.3) is 5.91 Å². The minimum atomic E-state index is -0.755. The summed E-state index contributed by atoms with van der Waals surface area (Å²) in [5, 5.41) is 3.93. The van der Waals surface area contributed by atoms with E-state index in [2.05, 4.69) is 10.3 Å². The second-order valence-electron chi connectivity index (χ2n) is 5.79. The summed E-state index contributed by atoms with van der Waals surface area (Å²) in [5.74, 6) is 0.417. The Labute approximate surface area is 134 Å². The molecule has 0 spiro atoms.